The number of amides is 2. The minimum absolute atomic E-state index is 0.0162. The highest BCUT2D eigenvalue weighted by Crippen LogP contribution is 2.45. The molecule has 0 saturated heterocycles. The molecule has 0 spiro atoms. The van der Waals surface area contributed by atoms with E-state index in [-0.39, 0.29) is 49.7 Å². The highest BCUT2D eigenvalue weighted by Gasteiger charge is 2.44. The molecule has 9 nitrogen and oxygen atoms in total. The number of alkyl halides is 2. The Morgan fingerprint density at radius 2 is 1.49 bits per heavy atom. The summed E-state index contributed by atoms with van der Waals surface area (Å²) in [7, 11) is -4.44. The normalized spacial score (nSPS) is 16.3. The van der Waals surface area contributed by atoms with Gasteiger partial charge < -0.3 is 9.30 Å². The Morgan fingerprint density at radius 3 is 2.10 bits per heavy atom. The van der Waals surface area contributed by atoms with Gasteiger partial charge in [0.2, 0.25) is 9.84 Å². The number of aromatic nitrogens is 3. The first-order valence-corrected chi connectivity index (χ1v) is 13.9. The Morgan fingerprint density at radius 1 is 0.872 bits per heavy atom. The molecule has 1 fully saturated rings. The van der Waals surface area contributed by atoms with E-state index in [0.717, 1.165) is 48.4 Å². The summed E-state index contributed by atoms with van der Waals surface area (Å²) >= 11 is 0. The van der Waals surface area contributed by atoms with Gasteiger partial charge in [0.15, 0.2) is 5.65 Å². The Balaban J connectivity index is 1.62. The van der Waals surface area contributed by atoms with E-state index in [2.05, 4.69) is 14.7 Å². The molecule has 1 saturated carbocycles. The van der Waals surface area contributed by atoms with Gasteiger partial charge in [-0.1, -0.05) is 31.4 Å². The number of hydrogen-bond donors (Lipinski definition) is 0. The molecule has 4 aromatic rings. The number of hydrogen-bond acceptors (Lipinski definition) is 7. The van der Waals surface area contributed by atoms with Crippen LogP contribution in [-0.4, -0.2) is 41.4 Å². The van der Waals surface area contributed by atoms with Crippen LogP contribution in [0.25, 0.3) is 11.2 Å². The average Bonchev–Trinajstić information content (AvgIpc) is 3.41. The van der Waals surface area contributed by atoms with Crippen LogP contribution in [0, 0.1) is 0 Å². The number of anilines is 1. The Labute approximate surface area is 222 Å². The SMILES string of the molecule is O=C1c2ccccc2C(=O)N1c1c(S(=O)(=O)c2ccc(OC(F)F)cc2)c2nccnc2n1C1CCCCC1. The van der Waals surface area contributed by atoms with Crippen molar-refractivity contribution in [2.45, 2.75) is 54.5 Å². The number of nitrogens with zero attached hydrogens (tertiary/aromatic N) is 4. The highest BCUT2D eigenvalue weighted by molar-refractivity contribution is 7.92. The molecule has 2 aromatic carbocycles. The number of carbonyl (C=O) groups is 2. The van der Waals surface area contributed by atoms with Crippen molar-refractivity contribution in [3.8, 4) is 5.75 Å². The molecule has 0 unspecified atom stereocenters. The number of carbonyl (C=O) groups excluding carboxylic acids is 2. The lowest BCUT2D eigenvalue weighted by atomic mass is 9.95. The lowest BCUT2D eigenvalue weighted by Gasteiger charge is -2.28. The quantitative estimate of drug-likeness (QED) is 0.303. The zero-order chi connectivity index (χ0) is 27.3. The first-order valence-electron chi connectivity index (χ1n) is 12.4. The first kappa shape index (κ1) is 25.1. The van der Waals surface area contributed by atoms with Crippen LogP contribution in [0.1, 0.15) is 58.9 Å². The van der Waals surface area contributed by atoms with E-state index in [0.29, 0.717) is 12.8 Å². The van der Waals surface area contributed by atoms with Gasteiger partial charge >= 0.3 is 6.61 Å². The van der Waals surface area contributed by atoms with E-state index >= 15 is 0 Å². The molecule has 0 N–H and O–H groups in total. The second-order valence-corrected chi connectivity index (χ2v) is 11.3. The van der Waals surface area contributed by atoms with Crippen LogP contribution in [0.2, 0.25) is 0 Å². The van der Waals surface area contributed by atoms with Crippen LogP contribution in [0.3, 0.4) is 0 Å². The summed E-state index contributed by atoms with van der Waals surface area (Å²) in [6, 6.07) is 10.6. The molecule has 1 aliphatic heterocycles. The maximum atomic E-state index is 14.2. The van der Waals surface area contributed by atoms with Crippen LogP contribution >= 0.6 is 0 Å². The van der Waals surface area contributed by atoms with E-state index in [9.17, 15) is 26.8 Å². The monoisotopic (exact) mass is 552 g/mol. The van der Waals surface area contributed by atoms with Gasteiger partial charge in [0.05, 0.1) is 16.0 Å². The van der Waals surface area contributed by atoms with E-state index < -0.39 is 28.3 Å². The third-order valence-corrected chi connectivity index (χ3v) is 8.93. The molecule has 200 valence electrons. The topological polar surface area (TPSA) is 111 Å². The van der Waals surface area contributed by atoms with Gasteiger partial charge in [0.25, 0.3) is 11.8 Å². The number of imide groups is 1. The number of benzene rings is 2. The second-order valence-electron chi connectivity index (χ2n) is 9.39. The van der Waals surface area contributed by atoms with Crippen molar-refractivity contribution in [1.29, 1.82) is 0 Å². The number of halogens is 2. The largest absolute Gasteiger partial charge is 0.435 e. The van der Waals surface area contributed by atoms with Crippen molar-refractivity contribution in [3.05, 3.63) is 72.1 Å². The fourth-order valence-corrected chi connectivity index (χ4v) is 6.98. The molecule has 2 aromatic heterocycles. The minimum atomic E-state index is -4.44. The molecule has 12 heteroatoms. The predicted octanol–water partition coefficient (Wildman–Crippen LogP) is 5.17. The van der Waals surface area contributed by atoms with E-state index in [4.69, 9.17) is 0 Å². The van der Waals surface area contributed by atoms with Gasteiger partial charge in [-0.25, -0.2) is 23.3 Å². The third-order valence-electron chi connectivity index (χ3n) is 7.13. The van der Waals surface area contributed by atoms with Crippen LogP contribution in [0.15, 0.2) is 70.7 Å². The van der Waals surface area contributed by atoms with Gasteiger partial charge in [-0.2, -0.15) is 8.78 Å². The molecule has 1 aliphatic carbocycles. The summed E-state index contributed by atoms with van der Waals surface area (Å²) in [4.78, 5) is 36.4. The standard InChI is InChI=1S/C27H22F2N4O5S/c28-27(29)38-17-10-12-18(13-11-17)39(36,37)22-21-23(31-15-14-30-21)32(16-6-2-1-3-7-16)24(22)33-25(34)19-8-4-5-9-20(19)26(33)35/h4-5,8-16,27H,1-3,6-7H2. The summed E-state index contributed by atoms with van der Waals surface area (Å²) in [6.45, 7) is -3.07. The summed E-state index contributed by atoms with van der Waals surface area (Å²) in [5.74, 6) is -1.61. The number of fused-ring (bicyclic) bond motifs is 2. The molecule has 6 rings (SSSR count). The highest BCUT2D eigenvalue weighted by atomic mass is 32.2. The van der Waals surface area contributed by atoms with Crippen LogP contribution in [-0.2, 0) is 9.84 Å². The van der Waals surface area contributed by atoms with Crippen molar-refractivity contribution in [3.63, 3.8) is 0 Å². The smallest absolute Gasteiger partial charge is 0.387 e. The van der Waals surface area contributed by atoms with Crippen molar-refractivity contribution in [2.75, 3.05) is 4.90 Å². The van der Waals surface area contributed by atoms with E-state index in [1.165, 1.54) is 24.5 Å². The van der Waals surface area contributed by atoms with Gasteiger partial charge in [0, 0.05) is 18.4 Å². The van der Waals surface area contributed by atoms with Crippen LogP contribution < -0.4 is 9.64 Å². The van der Waals surface area contributed by atoms with Crippen LogP contribution in [0.4, 0.5) is 14.6 Å². The summed E-state index contributed by atoms with van der Waals surface area (Å²) in [5, 5.41) is 0. The number of sulfone groups is 1. The average molecular weight is 553 g/mol. The molecule has 2 amide bonds. The molecule has 39 heavy (non-hydrogen) atoms. The molecule has 0 radical (unpaired) electrons. The van der Waals surface area contributed by atoms with Crippen molar-refractivity contribution < 1.29 is 31.5 Å². The first-order chi connectivity index (χ1) is 18.8. The molecular weight excluding hydrogens is 530 g/mol. The molecule has 3 heterocycles. The predicted molar refractivity (Wildman–Crippen MR) is 136 cm³/mol. The Bertz CT molecular complexity index is 1680. The minimum Gasteiger partial charge on any atom is -0.435 e. The van der Waals surface area contributed by atoms with E-state index in [1.54, 1.807) is 16.7 Å². The summed E-state index contributed by atoms with van der Waals surface area (Å²) < 4.78 is 59.8. The zero-order valence-corrected chi connectivity index (χ0v) is 21.3. The maximum absolute atomic E-state index is 14.2. The van der Waals surface area contributed by atoms with E-state index in [1.807, 2.05) is 0 Å². The second kappa shape index (κ2) is 9.53. The molecule has 0 bridgehead atoms. The van der Waals surface area contributed by atoms with Gasteiger partial charge in [-0.15, -0.1) is 0 Å². The van der Waals surface area contributed by atoms with Gasteiger partial charge in [-0.3, -0.25) is 9.59 Å². The lowest BCUT2D eigenvalue weighted by Crippen LogP contribution is -2.33. The Hall–Kier alpha value is -4.19. The van der Waals surface area contributed by atoms with Crippen molar-refractivity contribution in [1.82, 2.24) is 14.5 Å². The number of ether oxygens (including phenoxy) is 1. The van der Waals surface area contributed by atoms with Crippen molar-refractivity contribution >= 4 is 38.6 Å². The van der Waals surface area contributed by atoms with Crippen LogP contribution in [0.5, 0.6) is 5.75 Å². The molecule has 0 atom stereocenters. The zero-order valence-electron chi connectivity index (χ0n) is 20.5. The maximum Gasteiger partial charge on any atom is 0.387 e. The fourth-order valence-electron chi connectivity index (χ4n) is 5.42. The molecule has 2 aliphatic rings. The fraction of sp³-hybridized carbons (Fsp3) is 0.259. The number of rotatable bonds is 6. The lowest BCUT2D eigenvalue weighted by molar-refractivity contribution is -0.0498. The van der Waals surface area contributed by atoms with Crippen molar-refractivity contribution in [2.24, 2.45) is 0 Å². The summed E-state index contributed by atoms with van der Waals surface area (Å²) in [5.41, 5.74) is 0.594. The molecular formula is C27H22F2N4O5S. The Kier molecular flexibility index (Phi) is 6.13. The van der Waals surface area contributed by atoms with Gasteiger partial charge in [0.1, 0.15) is 22.0 Å². The van der Waals surface area contributed by atoms with Gasteiger partial charge in [-0.05, 0) is 49.2 Å². The summed E-state index contributed by atoms with van der Waals surface area (Å²) in [6.07, 6.45) is 6.98. The third kappa shape index (κ3) is 4.06.